The Morgan fingerprint density at radius 1 is 1.11 bits per heavy atom. The Balaban J connectivity index is 1.47. The normalized spacial score (nSPS) is 11.0. The summed E-state index contributed by atoms with van der Waals surface area (Å²) in [7, 11) is 0. The Morgan fingerprint density at radius 3 is 2.63 bits per heavy atom. The van der Waals surface area contributed by atoms with E-state index in [-0.39, 0.29) is 17.4 Å². The second-order valence-corrected chi connectivity index (χ2v) is 8.57. The number of aromatic nitrogens is 3. The van der Waals surface area contributed by atoms with Crippen LogP contribution in [-0.4, -0.2) is 44.4 Å². The highest BCUT2D eigenvalue weighted by Gasteiger charge is 2.17. The number of hydrogen-bond donors (Lipinski definition) is 2. The summed E-state index contributed by atoms with van der Waals surface area (Å²) in [5.74, 6) is 0.691. The molecule has 4 aromatic rings. The molecule has 1 heterocycles. The summed E-state index contributed by atoms with van der Waals surface area (Å²) in [6, 6.07) is 22.1. The zero-order valence-corrected chi connectivity index (χ0v) is 20.3. The Kier molecular flexibility index (Phi) is 8.02. The summed E-state index contributed by atoms with van der Waals surface area (Å²) in [4.78, 5) is 12.4. The third kappa shape index (κ3) is 6.00. The van der Waals surface area contributed by atoms with Crippen molar-refractivity contribution >= 4 is 35.5 Å². The molecule has 0 saturated heterocycles. The van der Waals surface area contributed by atoms with Gasteiger partial charge in [0.2, 0.25) is 0 Å². The average molecular weight is 508 g/mol. The molecule has 0 atom stereocenters. The zero-order valence-electron chi connectivity index (χ0n) is 18.8. The van der Waals surface area contributed by atoms with E-state index >= 15 is 0 Å². The molecule has 0 fully saturated rings. The first-order valence-electron chi connectivity index (χ1n) is 10.7. The molecule has 0 aliphatic carbocycles. The summed E-state index contributed by atoms with van der Waals surface area (Å²) in [5.41, 5.74) is 4.62. The lowest BCUT2D eigenvalue weighted by atomic mass is 10.2. The standard InChI is InChI=1S/C25H22ClN5O3S/c1-2-34-21-10-6-7-18(23(21)33)15-27-28-22(32)16-35-25-30-29-24(17-11-13-19(26)14-12-17)31(25)20-8-4-3-5-9-20/h3-15,33H,2,16H2,1H3,(H,28,32)/b27-15-. The number of aromatic hydroxyl groups is 1. The van der Waals surface area contributed by atoms with Crippen molar-refractivity contribution < 1.29 is 14.6 Å². The van der Waals surface area contributed by atoms with Crippen LogP contribution >= 0.6 is 23.4 Å². The highest BCUT2D eigenvalue weighted by Crippen LogP contribution is 2.29. The highest BCUT2D eigenvalue weighted by atomic mass is 35.5. The topological polar surface area (TPSA) is 102 Å². The van der Waals surface area contributed by atoms with Crippen LogP contribution in [0.15, 0.2) is 83.1 Å². The van der Waals surface area contributed by atoms with Gasteiger partial charge in [-0.05, 0) is 55.5 Å². The van der Waals surface area contributed by atoms with E-state index in [1.165, 1.54) is 18.0 Å². The van der Waals surface area contributed by atoms with Crippen molar-refractivity contribution in [2.45, 2.75) is 12.1 Å². The Hall–Kier alpha value is -3.82. The molecule has 10 heteroatoms. The number of hydrazone groups is 1. The lowest BCUT2D eigenvalue weighted by Crippen LogP contribution is -2.20. The molecule has 0 aliphatic heterocycles. The molecule has 2 N–H and O–H groups in total. The fourth-order valence-corrected chi connectivity index (χ4v) is 4.08. The molecule has 0 radical (unpaired) electrons. The number of carbonyl (C=O) groups excluding carboxylic acids is 1. The number of nitrogens with zero attached hydrogens (tertiary/aromatic N) is 4. The van der Waals surface area contributed by atoms with Gasteiger partial charge in [0.15, 0.2) is 22.5 Å². The second kappa shape index (κ2) is 11.5. The minimum atomic E-state index is -0.331. The van der Waals surface area contributed by atoms with E-state index in [1.807, 2.05) is 54.0 Å². The molecule has 1 amide bonds. The van der Waals surface area contributed by atoms with Crippen molar-refractivity contribution in [3.05, 3.63) is 83.4 Å². The highest BCUT2D eigenvalue weighted by molar-refractivity contribution is 7.99. The lowest BCUT2D eigenvalue weighted by Gasteiger charge is -2.10. The van der Waals surface area contributed by atoms with Gasteiger partial charge in [-0.3, -0.25) is 9.36 Å². The fourth-order valence-electron chi connectivity index (χ4n) is 3.21. The van der Waals surface area contributed by atoms with Gasteiger partial charge >= 0.3 is 0 Å². The number of halogens is 1. The summed E-state index contributed by atoms with van der Waals surface area (Å²) >= 11 is 7.27. The molecule has 0 bridgehead atoms. The molecule has 35 heavy (non-hydrogen) atoms. The molecular formula is C25H22ClN5O3S. The number of amides is 1. The SMILES string of the molecule is CCOc1cccc(/C=N\NC(=O)CSc2nnc(-c3ccc(Cl)cc3)n2-c2ccccc2)c1O. The van der Waals surface area contributed by atoms with Gasteiger partial charge in [-0.2, -0.15) is 5.10 Å². The number of nitrogens with one attached hydrogen (secondary N) is 1. The minimum absolute atomic E-state index is 0.0348. The number of thioether (sulfide) groups is 1. The number of ether oxygens (including phenoxy) is 1. The van der Waals surface area contributed by atoms with Gasteiger partial charge in [0, 0.05) is 21.8 Å². The molecule has 178 valence electrons. The van der Waals surface area contributed by atoms with Crippen LogP contribution in [0.5, 0.6) is 11.5 Å². The summed E-state index contributed by atoms with van der Waals surface area (Å²) in [6.07, 6.45) is 1.37. The Bertz CT molecular complexity index is 1330. The van der Waals surface area contributed by atoms with Crippen LogP contribution in [0.25, 0.3) is 17.1 Å². The Morgan fingerprint density at radius 2 is 1.89 bits per heavy atom. The van der Waals surface area contributed by atoms with Crippen molar-refractivity contribution in [2.24, 2.45) is 5.10 Å². The first-order chi connectivity index (χ1) is 17.1. The maximum absolute atomic E-state index is 12.4. The maximum Gasteiger partial charge on any atom is 0.250 e. The van der Waals surface area contributed by atoms with Crippen molar-refractivity contribution in [2.75, 3.05) is 12.4 Å². The number of benzene rings is 3. The monoisotopic (exact) mass is 507 g/mol. The van der Waals surface area contributed by atoms with Crippen LogP contribution in [-0.2, 0) is 4.79 Å². The largest absolute Gasteiger partial charge is 0.504 e. The van der Waals surface area contributed by atoms with Gasteiger partial charge in [-0.25, -0.2) is 5.43 Å². The first-order valence-corrected chi connectivity index (χ1v) is 12.1. The number of carbonyl (C=O) groups is 1. The van der Waals surface area contributed by atoms with E-state index in [0.717, 1.165) is 11.3 Å². The molecule has 4 rings (SSSR count). The van der Waals surface area contributed by atoms with E-state index in [9.17, 15) is 9.90 Å². The minimum Gasteiger partial charge on any atom is -0.504 e. The van der Waals surface area contributed by atoms with E-state index < -0.39 is 0 Å². The van der Waals surface area contributed by atoms with E-state index in [4.69, 9.17) is 16.3 Å². The quantitative estimate of drug-likeness (QED) is 0.189. The smallest absolute Gasteiger partial charge is 0.250 e. The van der Waals surface area contributed by atoms with Crippen LogP contribution in [0.3, 0.4) is 0 Å². The number of para-hydroxylation sites is 2. The molecule has 3 aromatic carbocycles. The van der Waals surface area contributed by atoms with Gasteiger partial charge in [0.25, 0.3) is 5.91 Å². The first kappa shape index (κ1) is 24.3. The van der Waals surface area contributed by atoms with E-state index in [0.29, 0.717) is 33.9 Å². The van der Waals surface area contributed by atoms with Crippen molar-refractivity contribution in [1.82, 2.24) is 20.2 Å². The lowest BCUT2D eigenvalue weighted by molar-refractivity contribution is -0.118. The zero-order chi connectivity index (χ0) is 24.6. The van der Waals surface area contributed by atoms with Crippen LogP contribution in [0.1, 0.15) is 12.5 Å². The van der Waals surface area contributed by atoms with Gasteiger partial charge in [-0.1, -0.05) is 47.6 Å². The van der Waals surface area contributed by atoms with Crippen molar-refractivity contribution in [3.63, 3.8) is 0 Å². The molecular weight excluding hydrogens is 486 g/mol. The second-order valence-electron chi connectivity index (χ2n) is 7.19. The van der Waals surface area contributed by atoms with Gasteiger partial charge in [0.05, 0.1) is 18.6 Å². The van der Waals surface area contributed by atoms with Gasteiger partial charge < -0.3 is 9.84 Å². The van der Waals surface area contributed by atoms with Gasteiger partial charge in [0.1, 0.15) is 0 Å². The Labute approximate surface area is 211 Å². The predicted octanol–water partition coefficient (Wildman–Crippen LogP) is 4.93. The molecule has 0 aliphatic rings. The van der Waals surface area contributed by atoms with Crippen molar-refractivity contribution in [1.29, 1.82) is 0 Å². The number of phenols is 1. The van der Waals surface area contributed by atoms with Gasteiger partial charge in [-0.15, -0.1) is 10.2 Å². The summed E-state index contributed by atoms with van der Waals surface area (Å²) < 4.78 is 7.25. The summed E-state index contributed by atoms with van der Waals surface area (Å²) in [6.45, 7) is 2.25. The molecule has 0 spiro atoms. The number of hydrogen-bond acceptors (Lipinski definition) is 7. The number of rotatable bonds is 9. The molecule has 8 nitrogen and oxygen atoms in total. The summed E-state index contributed by atoms with van der Waals surface area (Å²) in [5, 5.41) is 24.0. The maximum atomic E-state index is 12.4. The fraction of sp³-hybridized carbons (Fsp3) is 0.120. The van der Waals surface area contributed by atoms with Crippen molar-refractivity contribution in [3.8, 4) is 28.6 Å². The average Bonchev–Trinajstić information content (AvgIpc) is 3.30. The molecule has 0 unspecified atom stereocenters. The third-order valence-electron chi connectivity index (χ3n) is 4.81. The van der Waals surface area contributed by atoms with E-state index in [1.54, 1.807) is 30.3 Å². The predicted molar refractivity (Wildman–Crippen MR) is 138 cm³/mol. The number of phenolic OH excluding ortho intramolecular Hbond substituents is 1. The van der Waals surface area contributed by atoms with Crippen LogP contribution in [0, 0.1) is 0 Å². The van der Waals surface area contributed by atoms with Crippen LogP contribution < -0.4 is 10.2 Å². The third-order valence-corrected chi connectivity index (χ3v) is 5.99. The molecule has 0 saturated carbocycles. The van der Waals surface area contributed by atoms with Crippen LogP contribution in [0.4, 0.5) is 0 Å². The van der Waals surface area contributed by atoms with E-state index in [2.05, 4.69) is 20.7 Å². The van der Waals surface area contributed by atoms with Crippen LogP contribution in [0.2, 0.25) is 5.02 Å². The molecule has 1 aromatic heterocycles.